The summed E-state index contributed by atoms with van der Waals surface area (Å²) in [5.41, 5.74) is 7.39. The molecule has 0 fully saturated rings. The minimum absolute atomic E-state index is 0.142. The van der Waals surface area contributed by atoms with Crippen molar-refractivity contribution in [2.24, 2.45) is 5.73 Å². The minimum atomic E-state index is -0.305. The summed E-state index contributed by atoms with van der Waals surface area (Å²) in [5.74, 6) is 1.80. The summed E-state index contributed by atoms with van der Waals surface area (Å²) in [5, 5.41) is 10.7. The first-order valence-electron chi connectivity index (χ1n) is 7.98. The van der Waals surface area contributed by atoms with Crippen LogP contribution in [0.4, 0.5) is 0 Å². The molecule has 2 aromatic carbocycles. The molecule has 0 spiro atoms. The predicted octanol–water partition coefficient (Wildman–Crippen LogP) is 4.14. The first-order chi connectivity index (χ1) is 12.7. The lowest BCUT2D eigenvalue weighted by molar-refractivity contribution is 0.354. The third-order valence-electron chi connectivity index (χ3n) is 4.47. The lowest BCUT2D eigenvalue weighted by Crippen LogP contribution is -2.19. The van der Waals surface area contributed by atoms with Gasteiger partial charge in [-0.3, -0.25) is 0 Å². The zero-order valence-corrected chi connectivity index (χ0v) is 15.1. The Hall–Kier alpha value is -3.17. The van der Waals surface area contributed by atoms with Crippen LogP contribution in [0.25, 0.3) is 10.1 Å². The number of thiophene rings is 1. The van der Waals surface area contributed by atoms with Crippen LogP contribution in [0.15, 0.2) is 53.9 Å². The molecule has 2 N–H and O–H groups in total. The first-order valence-corrected chi connectivity index (χ1v) is 8.80. The van der Waals surface area contributed by atoms with E-state index in [0.29, 0.717) is 17.1 Å². The van der Waals surface area contributed by atoms with Gasteiger partial charge >= 0.3 is 0 Å². The van der Waals surface area contributed by atoms with E-state index < -0.39 is 0 Å². The molecule has 3 aromatic rings. The van der Waals surface area contributed by atoms with Crippen LogP contribution in [0, 0.1) is 11.3 Å². The number of allylic oxidation sites excluding steroid dienone is 1. The van der Waals surface area contributed by atoms with Crippen molar-refractivity contribution in [3.63, 3.8) is 0 Å². The fraction of sp³-hybridized carbons (Fsp3) is 0.150. The van der Waals surface area contributed by atoms with E-state index in [1.807, 2.05) is 42.5 Å². The second kappa shape index (κ2) is 6.28. The van der Waals surface area contributed by atoms with Gasteiger partial charge in [0, 0.05) is 10.1 Å². The second-order valence-corrected chi connectivity index (χ2v) is 6.91. The van der Waals surface area contributed by atoms with Crippen molar-refractivity contribution in [1.82, 2.24) is 0 Å². The van der Waals surface area contributed by atoms with Gasteiger partial charge in [0.1, 0.15) is 11.6 Å². The molecule has 1 atom stereocenters. The van der Waals surface area contributed by atoms with Crippen molar-refractivity contribution >= 4 is 21.4 Å². The Kier molecular flexibility index (Phi) is 3.94. The molecule has 1 unspecified atom stereocenters. The van der Waals surface area contributed by atoms with Crippen molar-refractivity contribution in [1.29, 1.82) is 5.26 Å². The second-order valence-electron chi connectivity index (χ2n) is 5.83. The quantitative estimate of drug-likeness (QED) is 0.756. The topological polar surface area (TPSA) is 77.5 Å². The molecule has 1 aliphatic heterocycles. The maximum Gasteiger partial charge on any atom is 0.205 e. The average molecular weight is 364 g/mol. The fourth-order valence-corrected chi connectivity index (χ4v) is 4.51. The Morgan fingerprint density at radius 1 is 1.12 bits per heavy atom. The Morgan fingerprint density at radius 2 is 1.88 bits per heavy atom. The summed E-state index contributed by atoms with van der Waals surface area (Å²) in [6.07, 6.45) is 0. The summed E-state index contributed by atoms with van der Waals surface area (Å²) in [4.78, 5) is 0.962. The summed E-state index contributed by atoms with van der Waals surface area (Å²) >= 11 is 1.61. The van der Waals surface area contributed by atoms with Crippen LogP contribution in [0.3, 0.4) is 0 Å². The summed E-state index contributed by atoms with van der Waals surface area (Å²) in [6.45, 7) is 0. The molecule has 0 saturated heterocycles. The number of hydrogen-bond donors (Lipinski definition) is 1. The number of ether oxygens (including phenoxy) is 3. The molecular formula is C20H16N2O3S. The third kappa shape index (κ3) is 2.37. The predicted molar refractivity (Wildman–Crippen MR) is 101 cm³/mol. The SMILES string of the molecule is COc1ccc(C2C(C#N)=C(N)Oc3c2sc2ccccc32)cc1OC. The maximum atomic E-state index is 9.70. The lowest BCUT2D eigenvalue weighted by atomic mass is 9.88. The lowest BCUT2D eigenvalue weighted by Gasteiger charge is -2.24. The number of nitriles is 1. The van der Waals surface area contributed by atoms with Crippen molar-refractivity contribution in [2.45, 2.75) is 5.92 Å². The van der Waals surface area contributed by atoms with Gasteiger partial charge in [0.15, 0.2) is 17.2 Å². The van der Waals surface area contributed by atoms with Crippen molar-refractivity contribution < 1.29 is 14.2 Å². The highest BCUT2D eigenvalue weighted by molar-refractivity contribution is 7.19. The molecule has 0 aliphatic carbocycles. The molecule has 2 heterocycles. The molecule has 0 radical (unpaired) electrons. The highest BCUT2D eigenvalue weighted by Crippen LogP contribution is 2.50. The maximum absolute atomic E-state index is 9.70. The number of nitrogens with two attached hydrogens (primary N) is 1. The van der Waals surface area contributed by atoms with E-state index >= 15 is 0 Å². The molecule has 0 saturated carbocycles. The van der Waals surface area contributed by atoms with Crippen LogP contribution < -0.4 is 19.9 Å². The van der Waals surface area contributed by atoms with Gasteiger partial charge in [-0.2, -0.15) is 5.26 Å². The first kappa shape index (κ1) is 16.3. The average Bonchev–Trinajstić information content (AvgIpc) is 3.04. The minimum Gasteiger partial charge on any atom is -0.493 e. The monoisotopic (exact) mass is 364 g/mol. The summed E-state index contributed by atoms with van der Waals surface area (Å²) in [6, 6.07) is 15.8. The smallest absolute Gasteiger partial charge is 0.205 e. The van der Waals surface area contributed by atoms with E-state index in [0.717, 1.165) is 26.3 Å². The van der Waals surface area contributed by atoms with Gasteiger partial charge in [-0.05, 0) is 29.8 Å². The van der Waals surface area contributed by atoms with E-state index in [4.69, 9.17) is 19.9 Å². The fourth-order valence-electron chi connectivity index (χ4n) is 3.24. The number of rotatable bonds is 3. The van der Waals surface area contributed by atoms with Crippen molar-refractivity contribution in [3.05, 3.63) is 64.4 Å². The van der Waals surface area contributed by atoms with Crippen LogP contribution in [-0.4, -0.2) is 14.2 Å². The zero-order chi connectivity index (χ0) is 18.3. The van der Waals surface area contributed by atoms with Gasteiger partial charge < -0.3 is 19.9 Å². The number of fused-ring (bicyclic) bond motifs is 3. The Morgan fingerprint density at radius 3 is 2.62 bits per heavy atom. The van der Waals surface area contributed by atoms with E-state index in [2.05, 4.69) is 6.07 Å². The molecule has 130 valence electrons. The standard InChI is InChI=1S/C20H16N2O3S/c1-23-14-8-7-11(9-15(14)24-2)17-13(10-21)20(22)25-18-12-5-3-4-6-16(12)26-19(17)18/h3-9,17H,22H2,1-2H3. The van der Waals surface area contributed by atoms with Gasteiger partial charge in [0.2, 0.25) is 5.88 Å². The molecule has 0 amide bonds. The summed E-state index contributed by atoms with van der Waals surface area (Å²) < 4.78 is 17.7. The molecule has 1 aromatic heterocycles. The molecule has 1 aliphatic rings. The molecule has 6 heteroatoms. The zero-order valence-electron chi connectivity index (χ0n) is 14.3. The molecule has 0 bridgehead atoms. The number of hydrogen-bond acceptors (Lipinski definition) is 6. The molecule has 4 rings (SSSR count). The van der Waals surface area contributed by atoms with Crippen molar-refractivity contribution in [3.8, 4) is 23.3 Å². The summed E-state index contributed by atoms with van der Waals surface area (Å²) in [7, 11) is 3.18. The largest absolute Gasteiger partial charge is 0.493 e. The van der Waals surface area contributed by atoms with E-state index in [-0.39, 0.29) is 11.8 Å². The highest BCUT2D eigenvalue weighted by Gasteiger charge is 2.34. The Bertz CT molecular complexity index is 1080. The van der Waals surface area contributed by atoms with Crippen LogP contribution in [0.2, 0.25) is 0 Å². The number of benzene rings is 2. The normalized spacial score (nSPS) is 16.0. The Balaban J connectivity index is 1.96. The van der Waals surface area contributed by atoms with Crippen LogP contribution >= 0.6 is 11.3 Å². The van der Waals surface area contributed by atoms with E-state index in [1.165, 1.54) is 0 Å². The van der Waals surface area contributed by atoms with Gasteiger partial charge in [0.05, 0.1) is 25.0 Å². The number of nitrogens with zero attached hydrogens (tertiary/aromatic N) is 1. The van der Waals surface area contributed by atoms with Gasteiger partial charge in [-0.1, -0.05) is 18.2 Å². The van der Waals surface area contributed by atoms with Crippen LogP contribution in [-0.2, 0) is 0 Å². The van der Waals surface area contributed by atoms with Gasteiger partial charge in [-0.15, -0.1) is 11.3 Å². The molecule has 5 nitrogen and oxygen atoms in total. The van der Waals surface area contributed by atoms with Crippen LogP contribution in [0.5, 0.6) is 17.2 Å². The van der Waals surface area contributed by atoms with Gasteiger partial charge in [-0.25, -0.2) is 0 Å². The van der Waals surface area contributed by atoms with E-state index in [9.17, 15) is 5.26 Å². The van der Waals surface area contributed by atoms with Gasteiger partial charge in [0.25, 0.3) is 0 Å². The number of methoxy groups -OCH3 is 2. The third-order valence-corrected chi connectivity index (χ3v) is 5.68. The molecular weight excluding hydrogens is 348 g/mol. The van der Waals surface area contributed by atoms with Crippen molar-refractivity contribution in [2.75, 3.05) is 14.2 Å². The van der Waals surface area contributed by atoms with Crippen LogP contribution in [0.1, 0.15) is 16.4 Å². The Labute approximate surface area is 154 Å². The highest BCUT2D eigenvalue weighted by atomic mass is 32.1. The molecule has 26 heavy (non-hydrogen) atoms. The van der Waals surface area contributed by atoms with E-state index in [1.54, 1.807) is 25.6 Å².